The number of rotatable bonds is 6. The minimum absolute atomic E-state index is 0.0504. The second-order valence-electron chi connectivity index (χ2n) is 6.34. The Kier molecular flexibility index (Phi) is 7.15. The number of ether oxygens (including phenoxy) is 2. The van der Waals surface area contributed by atoms with E-state index in [2.05, 4.69) is 72.1 Å². The van der Waals surface area contributed by atoms with Crippen molar-refractivity contribution >= 4 is 47.8 Å². The fourth-order valence-electron chi connectivity index (χ4n) is 2.23. The Morgan fingerprint density at radius 2 is 1.28 bits per heavy atom. The first-order valence-corrected chi connectivity index (χ1v) is 10.9. The van der Waals surface area contributed by atoms with Gasteiger partial charge in [0.2, 0.25) is 0 Å². The van der Waals surface area contributed by atoms with E-state index in [4.69, 9.17) is 9.47 Å². The van der Waals surface area contributed by atoms with Gasteiger partial charge in [0, 0.05) is 11.2 Å². The molecule has 1 unspecified atom stereocenters. The second-order valence-corrected chi connectivity index (χ2v) is 11.4. The van der Waals surface area contributed by atoms with E-state index in [1.807, 2.05) is 36.4 Å². The van der Waals surface area contributed by atoms with Gasteiger partial charge in [0.15, 0.2) is 0 Å². The number of alkyl halides is 3. The number of benzene rings is 2. The molecule has 0 N–H and O–H groups in total. The fraction of sp³-hybridized carbons (Fsp3) is 0.400. The molecular weight excluding hydrogens is 512 g/mol. The number of hydrogen-bond acceptors (Lipinski definition) is 2. The van der Waals surface area contributed by atoms with E-state index in [-0.39, 0.29) is 3.23 Å². The molecule has 0 aliphatic heterocycles. The first kappa shape index (κ1) is 19.6. The first-order chi connectivity index (χ1) is 12.0. The highest BCUT2D eigenvalue weighted by molar-refractivity contribution is 9.25. The Balaban J connectivity index is 0.000000146. The van der Waals surface area contributed by atoms with Crippen molar-refractivity contribution in [2.24, 2.45) is 0 Å². The molecule has 2 nitrogen and oxygen atoms in total. The van der Waals surface area contributed by atoms with Crippen LogP contribution in [0, 0.1) is 0 Å². The zero-order chi connectivity index (χ0) is 17.7. The molecule has 2 fully saturated rings. The van der Waals surface area contributed by atoms with Gasteiger partial charge >= 0.3 is 0 Å². The molecule has 0 amide bonds. The molecule has 0 spiro atoms. The van der Waals surface area contributed by atoms with Crippen LogP contribution in [0.1, 0.15) is 24.0 Å². The predicted molar refractivity (Wildman–Crippen MR) is 113 cm³/mol. The maximum atomic E-state index is 5.66. The van der Waals surface area contributed by atoms with Gasteiger partial charge in [-0.2, -0.15) is 0 Å². The number of hydrogen-bond donors (Lipinski definition) is 0. The fourth-order valence-corrected chi connectivity index (χ4v) is 3.61. The summed E-state index contributed by atoms with van der Waals surface area (Å²) in [7, 11) is 0. The molecule has 0 radical (unpaired) electrons. The summed E-state index contributed by atoms with van der Waals surface area (Å²) >= 11 is 10.5. The third kappa shape index (κ3) is 6.79. The van der Waals surface area contributed by atoms with Gasteiger partial charge in [-0.25, -0.2) is 0 Å². The molecule has 4 rings (SSSR count). The molecular formula is C20H21Br3O2. The van der Waals surface area contributed by atoms with Crippen LogP contribution in [0.2, 0.25) is 0 Å². The molecule has 2 saturated carbocycles. The highest BCUT2D eigenvalue weighted by atomic mass is 79.9. The Hall–Kier alpha value is -0.200. The van der Waals surface area contributed by atoms with Gasteiger partial charge in [0.1, 0.15) is 3.23 Å². The zero-order valence-corrected chi connectivity index (χ0v) is 18.5. The highest BCUT2D eigenvalue weighted by Crippen LogP contribution is 2.52. The Morgan fingerprint density at radius 3 is 1.68 bits per heavy atom. The van der Waals surface area contributed by atoms with Crippen molar-refractivity contribution in [2.75, 3.05) is 0 Å². The van der Waals surface area contributed by atoms with E-state index in [0.717, 1.165) is 19.4 Å². The molecule has 0 heterocycles. The molecule has 0 bridgehead atoms. The summed E-state index contributed by atoms with van der Waals surface area (Å²) in [5, 5.41) is 0. The molecule has 2 aromatic carbocycles. The molecule has 3 atom stereocenters. The summed E-state index contributed by atoms with van der Waals surface area (Å²) in [5.41, 5.74) is 2.48. The van der Waals surface area contributed by atoms with Crippen molar-refractivity contribution in [3.8, 4) is 0 Å². The predicted octanol–water partition coefficient (Wildman–Crippen LogP) is 6.20. The summed E-state index contributed by atoms with van der Waals surface area (Å²) in [6.45, 7) is 1.44. The lowest BCUT2D eigenvalue weighted by atomic mass is 10.2. The quantitative estimate of drug-likeness (QED) is 0.412. The van der Waals surface area contributed by atoms with Gasteiger partial charge in [0.05, 0.1) is 25.4 Å². The van der Waals surface area contributed by atoms with Crippen LogP contribution in [0.4, 0.5) is 0 Å². The van der Waals surface area contributed by atoms with Gasteiger partial charge in [-0.05, 0) is 17.5 Å². The summed E-state index contributed by atoms with van der Waals surface area (Å²) < 4.78 is 11.3. The minimum atomic E-state index is 0.0504. The Labute approximate surface area is 174 Å². The molecule has 0 saturated heterocycles. The number of halogens is 3. The average Bonchev–Trinajstić information content (AvgIpc) is 3.50. The van der Waals surface area contributed by atoms with E-state index >= 15 is 0 Å². The van der Waals surface area contributed by atoms with Crippen LogP contribution in [-0.2, 0) is 22.7 Å². The highest BCUT2D eigenvalue weighted by Gasteiger charge is 2.51. The maximum absolute atomic E-state index is 5.66. The normalized spacial score (nSPS) is 25.6. The van der Waals surface area contributed by atoms with Crippen LogP contribution in [0.3, 0.4) is 0 Å². The first-order valence-electron chi connectivity index (χ1n) is 8.37. The van der Waals surface area contributed by atoms with E-state index < -0.39 is 0 Å². The standard InChI is InChI=1S/C10H10Br2O.C10H11BrO/c11-10(12)6-9(10)13-7-8-4-2-1-3-5-8;11-9-6-10(9)12-7-8-4-2-1-3-5-8/h1-5,9H,6-7H2;1-5,9-10H,6-7H2/t;9-,10-/m.0/s1. The maximum Gasteiger partial charge on any atom is 0.109 e. The van der Waals surface area contributed by atoms with Crippen LogP contribution in [0.25, 0.3) is 0 Å². The molecule has 2 aromatic rings. The van der Waals surface area contributed by atoms with E-state index in [1.54, 1.807) is 0 Å². The van der Waals surface area contributed by atoms with Crippen molar-refractivity contribution in [2.45, 2.75) is 46.3 Å². The van der Waals surface area contributed by atoms with Crippen molar-refractivity contribution < 1.29 is 9.47 Å². The van der Waals surface area contributed by atoms with Gasteiger partial charge < -0.3 is 9.47 Å². The molecule has 2 aliphatic carbocycles. The minimum Gasteiger partial charge on any atom is -0.372 e. The molecule has 2 aliphatic rings. The summed E-state index contributed by atoms with van der Waals surface area (Å²) in [6.07, 6.45) is 2.96. The lowest BCUT2D eigenvalue weighted by Crippen LogP contribution is -2.01. The third-order valence-electron chi connectivity index (χ3n) is 4.03. The van der Waals surface area contributed by atoms with E-state index in [9.17, 15) is 0 Å². The zero-order valence-electron chi connectivity index (χ0n) is 13.8. The van der Waals surface area contributed by atoms with E-state index in [1.165, 1.54) is 11.1 Å². The van der Waals surface area contributed by atoms with Gasteiger partial charge in [-0.1, -0.05) is 108 Å². The summed E-state index contributed by atoms with van der Waals surface area (Å²) in [5.74, 6) is 0. The topological polar surface area (TPSA) is 18.5 Å². The van der Waals surface area contributed by atoms with Crippen LogP contribution in [0.5, 0.6) is 0 Å². The lowest BCUT2D eigenvalue weighted by molar-refractivity contribution is 0.106. The molecule has 25 heavy (non-hydrogen) atoms. The van der Waals surface area contributed by atoms with Crippen molar-refractivity contribution in [1.29, 1.82) is 0 Å². The van der Waals surface area contributed by atoms with Crippen molar-refractivity contribution in [3.05, 3.63) is 71.8 Å². The Morgan fingerprint density at radius 1 is 0.840 bits per heavy atom. The summed E-state index contributed by atoms with van der Waals surface area (Å²) in [6, 6.07) is 20.5. The lowest BCUT2D eigenvalue weighted by Gasteiger charge is -2.03. The SMILES string of the molecule is BrC1(Br)CC1OCc1ccccc1.Br[C@H]1C[C@@H]1OCc1ccccc1. The second kappa shape index (κ2) is 9.14. The van der Waals surface area contributed by atoms with Gasteiger partial charge in [-0.15, -0.1) is 0 Å². The van der Waals surface area contributed by atoms with Gasteiger partial charge in [0.25, 0.3) is 0 Å². The third-order valence-corrected chi connectivity index (χ3v) is 6.66. The van der Waals surface area contributed by atoms with Crippen LogP contribution < -0.4 is 0 Å². The largest absolute Gasteiger partial charge is 0.372 e. The van der Waals surface area contributed by atoms with Crippen LogP contribution in [-0.4, -0.2) is 20.3 Å². The van der Waals surface area contributed by atoms with E-state index in [0.29, 0.717) is 23.6 Å². The van der Waals surface area contributed by atoms with Crippen molar-refractivity contribution in [3.63, 3.8) is 0 Å². The summed E-state index contributed by atoms with van der Waals surface area (Å²) in [4.78, 5) is 0.598. The molecule has 5 heteroatoms. The monoisotopic (exact) mass is 530 g/mol. The molecule has 134 valence electrons. The van der Waals surface area contributed by atoms with Crippen LogP contribution in [0.15, 0.2) is 60.7 Å². The van der Waals surface area contributed by atoms with Gasteiger partial charge in [-0.3, -0.25) is 0 Å². The average molecular weight is 533 g/mol. The molecule has 0 aromatic heterocycles. The van der Waals surface area contributed by atoms with Crippen molar-refractivity contribution in [1.82, 2.24) is 0 Å². The smallest absolute Gasteiger partial charge is 0.109 e. The van der Waals surface area contributed by atoms with Crippen LogP contribution >= 0.6 is 47.8 Å². The Bertz CT molecular complexity index is 649.